The molecule has 2 aromatic rings. The number of imide groups is 1. The number of hydrogen-bond acceptors (Lipinski definition) is 6. The van der Waals surface area contributed by atoms with E-state index in [1.807, 2.05) is 6.07 Å². The number of anilines is 1. The van der Waals surface area contributed by atoms with E-state index < -0.39 is 39.8 Å². The van der Waals surface area contributed by atoms with Gasteiger partial charge in [-0.05, 0) is 48.9 Å². The van der Waals surface area contributed by atoms with Crippen LogP contribution < -0.4 is 10.6 Å². The molecule has 2 N–H and O–H groups in total. The Morgan fingerprint density at radius 2 is 1.73 bits per heavy atom. The van der Waals surface area contributed by atoms with Crippen LogP contribution in [0, 0.1) is 11.3 Å². The number of nitriles is 1. The van der Waals surface area contributed by atoms with Gasteiger partial charge in [0, 0.05) is 11.9 Å². The van der Waals surface area contributed by atoms with Gasteiger partial charge >= 0.3 is 6.03 Å². The molecule has 0 unspecified atom stereocenters. The van der Waals surface area contributed by atoms with Gasteiger partial charge in [0.15, 0.2) is 9.84 Å². The average molecular weight is 426 g/mol. The third-order valence-corrected chi connectivity index (χ3v) is 5.86. The number of urea groups is 1. The Morgan fingerprint density at radius 3 is 2.27 bits per heavy atom. The van der Waals surface area contributed by atoms with Crippen molar-refractivity contribution in [1.82, 2.24) is 10.2 Å². The van der Waals surface area contributed by atoms with Crippen molar-refractivity contribution in [2.75, 3.05) is 18.1 Å². The molecule has 30 heavy (non-hydrogen) atoms. The normalized spacial score (nSPS) is 18.6. The lowest BCUT2D eigenvalue weighted by Gasteiger charge is -2.22. The Kier molecular flexibility index (Phi) is 5.33. The fourth-order valence-electron chi connectivity index (χ4n) is 3.04. The summed E-state index contributed by atoms with van der Waals surface area (Å²) < 4.78 is 23.0. The molecule has 0 aromatic heterocycles. The minimum absolute atomic E-state index is 0.104. The summed E-state index contributed by atoms with van der Waals surface area (Å²) in [7, 11) is -3.36. The second-order valence-corrected chi connectivity index (χ2v) is 9.00. The summed E-state index contributed by atoms with van der Waals surface area (Å²) in [6, 6.07) is 13.0. The molecule has 9 nitrogen and oxygen atoms in total. The van der Waals surface area contributed by atoms with E-state index in [0.29, 0.717) is 16.8 Å². The van der Waals surface area contributed by atoms with Gasteiger partial charge in [-0.15, -0.1) is 0 Å². The molecule has 0 saturated carbocycles. The van der Waals surface area contributed by atoms with Crippen LogP contribution in [0.3, 0.4) is 0 Å². The zero-order valence-corrected chi connectivity index (χ0v) is 17.0. The fourth-order valence-corrected chi connectivity index (χ4v) is 3.67. The number of hydrogen-bond donors (Lipinski definition) is 2. The molecule has 0 radical (unpaired) electrons. The number of sulfone groups is 1. The first-order valence-electron chi connectivity index (χ1n) is 8.79. The van der Waals surface area contributed by atoms with Crippen molar-refractivity contribution in [2.24, 2.45) is 0 Å². The quantitative estimate of drug-likeness (QED) is 0.693. The van der Waals surface area contributed by atoms with E-state index in [-0.39, 0.29) is 4.90 Å². The van der Waals surface area contributed by atoms with E-state index in [1.54, 1.807) is 12.1 Å². The van der Waals surface area contributed by atoms with E-state index in [2.05, 4.69) is 10.6 Å². The number of nitrogens with zero attached hydrogens (tertiary/aromatic N) is 2. The predicted octanol–water partition coefficient (Wildman–Crippen LogP) is 1.37. The van der Waals surface area contributed by atoms with Gasteiger partial charge in [0.25, 0.3) is 5.91 Å². The van der Waals surface area contributed by atoms with Crippen LogP contribution in [0.2, 0.25) is 0 Å². The first kappa shape index (κ1) is 21.0. The lowest BCUT2D eigenvalue weighted by Crippen LogP contribution is -2.42. The standard InChI is InChI=1S/C20H18N4O5S/c1-20(14-5-3-13(11-21)4-6-14)18(26)24(19(27)23-20)12-17(25)22-15-7-9-16(10-8-15)30(2,28)29/h3-10H,12H2,1-2H3,(H,22,25)(H,23,27)/t20-/m0/s1. The summed E-state index contributed by atoms with van der Waals surface area (Å²) in [6.07, 6.45) is 1.07. The van der Waals surface area contributed by atoms with Crippen LogP contribution in [-0.2, 0) is 25.0 Å². The molecule has 1 atom stereocenters. The predicted molar refractivity (Wildman–Crippen MR) is 107 cm³/mol. The third-order valence-electron chi connectivity index (χ3n) is 4.73. The highest BCUT2D eigenvalue weighted by Crippen LogP contribution is 2.29. The molecule has 0 spiro atoms. The maximum atomic E-state index is 12.9. The van der Waals surface area contributed by atoms with Crippen molar-refractivity contribution < 1.29 is 22.8 Å². The van der Waals surface area contributed by atoms with Crippen molar-refractivity contribution in [3.63, 3.8) is 0 Å². The molecule has 4 amide bonds. The van der Waals surface area contributed by atoms with E-state index in [0.717, 1.165) is 11.2 Å². The van der Waals surface area contributed by atoms with E-state index in [4.69, 9.17) is 5.26 Å². The van der Waals surface area contributed by atoms with Crippen LogP contribution in [0.1, 0.15) is 18.1 Å². The Labute approximate surface area is 173 Å². The Balaban J connectivity index is 1.72. The van der Waals surface area contributed by atoms with E-state index >= 15 is 0 Å². The summed E-state index contributed by atoms with van der Waals surface area (Å²) in [5.74, 6) is -1.21. The van der Waals surface area contributed by atoms with E-state index in [9.17, 15) is 22.8 Å². The van der Waals surface area contributed by atoms with E-state index in [1.165, 1.54) is 43.3 Å². The topological polar surface area (TPSA) is 136 Å². The van der Waals surface area contributed by atoms with Gasteiger partial charge in [-0.3, -0.25) is 14.5 Å². The molecule has 0 bridgehead atoms. The highest BCUT2D eigenvalue weighted by Gasteiger charge is 2.49. The van der Waals surface area contributed by atoms with Gasteiger partial charge in [0.05, 0.1) is 16.5 Å². The van der Waals surface area contributed by atoms with Crippen molar-refractivity contribution in [3.05, 3.63) is 59.7 Å². The number of benzene rings is 2. The van der Waals surface area contributed by atoms with Crippen molar-refractivity contribution in [1.29, 1.82) is 5.26 Å². The molecular formula is C20H18N4O5S. The molecule has 3 rings (SSSR count). The Morgan fingerprint density at radius 1 is 1.13 bits per heavy atom. The van der Waals surface area contributed by atoms with Gasteiger partial charge in [0.1, 0.15) is 12.1 Å². The second kappa shape index (κ2) is 7.61. The molecule has 2 aromatic carbocycles. The second-order valence-electron chi connectivity index (χ2n) is 6.98. The first-order chi connectivity index (χ1) is 14.0. The monoisotopic (exact) mass is 426 g/mol. The average Bonchev–Trinajstić information content (AvgIpc) is 2.91. The largest absolute Gasteiger partial charge is 0.325 e. The minimum Gasteiger partial charge on any atom is -0.325 e. The fraction of sp³-hybridized carbons (Fsp3) is 0.200. The van der Waals surface area contributed by atoms with Crippen molar-refractivity contribution in [2.45, 2.75) is 17.4 Å². The molecule has 154 valence electrons. The number of nitrogens with one attached hydrogen (secondary N) is 2. The maximum Gasteiger partial charge on any atom is 0.325 e. The van der Waals surface area contributed by atoms with Crippen LogP contribution in [0.25, 0.3) is 0 Å². The van der Waals surface area contributed by atoms with Crippen molar-refractivity contribution >= 4 is 33.4 Å². The zero-order chi connectivity index (χ0) is 22.1. The summed E-state index contributed by atoms with van der Waals surface area (Å²) in [5.41, 5.74) is -0.131. The lowest BCUT2D eigenvalue weighted by atomic mass is 9.91. The smallest absolute Gasteiger partial charge is 0.325 e. The summed E-state index contributed by atoms with van der Waals surface area (Å²) in [5, 5.41) is 14.0. The number of carbonyl (C=O) groups is 3. The van der Waals surface area contributed by atoms with Crippen molar-refractivity contribution in [3.8, 4) is 6.07 Å². The first-order valence-corrected chi connectivity index (χ1v) is 10.7. The van der Waals surface area contributed by atoms with Gasteiger partial charge in [-0.25, -0.2) is 13.2 Å². The van der Waals surface area contributed by atoms with Gasteiger partial charge in [-0.1, -0.05) is 12.1 Å². The Hall–Kier alpha value is -3.71. The van der Waals surface area contributed by atoms with Crippen LogP contribution in [0.4, 0.5) is 10.5 Å². The Bertz CT molecular complexity index is 1170. The van der Waals surface area contributed by atoms with Crippen LogP contribution in [0.15, 0.2) is 53.4 Å². The molecule has 1 fully saturated rings. The molecular weight excluding hydrogens is 408 g/mol. The number of rotatable bonds is 5. The number of carbonyl (C=O) groups excluding carboxylic acids is 3. The number of amides is 4. The van der Waals surface area contributed by atoms with Gasteiger partial charge in [-0.2, -0.15) is 5.26 Å². The minimum atomic E-state index is -3.36. The summed E-state index contributed by atoms with van der Waals surface area (Å²) >= 11 is 0. The summed E-state index contributed by atoms with van der Waals surface area (Å²) in [4.78, 5) is 38.4. The van der Waals surface area contributed by atoms with Gasteiger partial charge in [0.2, 0.25) is 5.91 Å². The van der Waals surface area contributed by atoms with Gasteiger partial charge < -0.3 is 10.6 Å². The molecule has 1 heterocycles. The highest BCUT2D eigenvalue weighted by atomic mass is 32.2. The zero-order valence-electron chi connectivity index (χ0n) is 16.2. The van der Waals surface area contributed by atoms with Crippen LogP contribution in [0.5, 0.6) is 0 Å². The molecule has 1 aliphatic rings. The molecule has 0 aliphatic carbocycles. The summed E-state index contributed by atoms with van der Waals surface area (Å²) in [6.45, 7) is 1.01. The highest BCUT2D eigenvalue weighted by molar-refractivity contribution is 7.90. The van der Waals surface area contributed by atoms with Crippen LogP contribution >= 0.6 is 0 Å². The third kappa shape index (κ3) is 4.01. The molecule has 1 aliphatic heterocycles. The SMILES string of the molecule is C[C@@]1(c2ccc(C#N)cc2)NC(=O)N(CC(=O)Nc2ccc(S(C)(=O)=O)cc2)C1=O. The maximum absolute atomic E-state index is 12.9. The molecule has 10 heteroatoms. The van der Waals surface area contributed by atoms with Crippen LogP contribution in [-0.4, -0.2) is 44.0 Å². The molecule has 1 saturated heterocycles. The lowest BCUT2D eigenvalue weighted by molar-refractivity contribution is -0.133.